The summed E-state index contributed by atoms with van der Waals surface area (Å²) in [6, 6.07) is 4.64. The van der Waals surface area contributed by atoms with Crippen LogP contribution in [0.3, 0.4) is 0 Å². The molecule has 0 aromatic carbocycles. The van der Waals surface area contributed by atoms with Crippen molar-refractivity contribution in [3.8, 4) is 12.1 Å². The van der Waals surface area contributed by atoms with E-state index in [4.69, 9.17) is 15.2 Å². The molecule has 22 heavy (non-hydrogen) atoms. The third-order valence-corrected chi connectivity index (χ3v) is 4.97. The van der Waals surface area contributed by atoms with E-state index in [0.29, 0.717) is 19.0 Å². The van der Waals surface area contributed by atoms with Gasteiger partial charge in [0.25, 0.3) is 5.84 Å². The summed E-state index contributed by atoms with van der Waals surface area (Å²) >= 11 is 0. The van der Waals surface area contributed by atoms with Crippen LogP contribution in [0.5, 0.6) is 0 Å². The highest BCUT2D eigenvalue weighted by molar-refractivity contribution is 5.93. The van der Waals surface area contributed by atoms with Gasteiger partial charge in [-0.3, -0.25) is 5.73 Å². The molecule has 2 aliphatic rings. The minimum Gasteiger partial charge on any atom is -0.314 e. The second-order valence-electron chi connectivity index (χ2n) is 5.91. The Hall–Kier alpha value is -1.63. The summed E-state index contributed by atoms with van der Waals surface area (Å²) in [4.78, 5) is 2.98. The molecule has 1 saturated carbocycles. The molecule has 3 atom stereocenters. The Bertz CT molecular complexity index is 541. The molecule has 0 saturated heterocycles. The molecule has 1 heterocycles. The standard InChI is InChI=1S/C16H24N4O2/c1-4-7-8-9-12-14(10-17)13(19)20-16(21-5-2,22-6-3)15(12,14)11-18/h12H,4-9H2,1-3H3,(H2,19,20)/p+1/t12-,14-,15-/m1/s1. The fourth-order valence-corrected chi connectivity index (χ4v) is 4.06. The molecule has 0 aromatic heterocycles. The predicted molar refractivity (Wildman–Crippen MR) is 79.9 cm³/mol. The number of amidine groups is 1. The molecule has 0 bridgehead atoms. The second-order valence-corrected chi connectivity index (χ2v) is 5.91. The topological polar surface area (TPSA) is 106 Å². The van der Waals surface area contributed by atoms with Gasteiger partial charge in [-0.1, -0.05) is 26.2 Å². The number of hydrogen-bond donors (Lipinski definition) is 2. The van der Waals surface area contributed by atoms with Crippen molar-refractivity contribution < 1.29 is 14.5 Å². The van der Waals surface area contributed by atoms with Gasteiger partial charge in [0.15, 0.2) is 10.8 Å². The van der Waals surface area contributed by atoms with Gasteiger partial charge in [0.1, 0.15) is 0 Å². The maximum Gasteiger partial charge on any atom is 0.342 e. The molecule has 120 valence electrons. The highest BCUT2D eigenvalue weighted by Crippen LogP contribution is 2.75. The van der Waals surface area contributed by atoms with Crippen LogP contribution in [0.15, 0.2) is 0 Å². The minimum absolute atomic E-state index is 0.152. The number of hydrogen-bond acceptors (Lipinski definition) is 5. The average Bonchev–Trinajstić information content (AvgIpc) is 3.04. The van der Waals surface area contributed by atoms with Gasteiger partial charge in [-0.2, -0.15) is 10.5 Å². The third-order valence-electron chi connectivity index (χ3n) is 4.97. The lowest BCUT2D eigenvalue weighted by Crippen LogP contribution is -2.91. The molecule has 0 radical (unpaired) electrons. The van der Waals surface area contributed by atoms with E-state index in [2.05, 4.69) is 24.1 Å². The van der Waals surface area contributed by atoms with Gasteiger partial charge < -0.3 is 9.47 Å². The molecule has 2 rings (SSSR count). The van der Waals surface area contributed by atoms with Gasteiger partial charge in [0, 0.05) is 5.92 Å². The van der Waals surface area contributed by atoms with Crippen molar-refractivity contribution in [3.63, 3.8) is 0 Å². The monoisotopic (exact) mass is 305 g/mol. The fourth-order valence-electron chi connectivity index (χ4n) is 4.06. The molecule has 1 aliphatic carbocycles. The Labute approximate surface area is 131 Å². The summed E-state index contributed by atoms with van der Waals surface area (Å²) in [6.07, 6.45) is 3.91. The second kappa shape index (κ2) is 5.87. The number of fused-ring (bicyclic) bond motifs is 1. The van der Waals surface area contributed by atoms with Gasteiger partial charge >= 0.3 is 5.91 Å². The molecule has 1 fully saturated rings. The van der Waals surface area contributed by atoms with Crippen molar-refractivity contribution in [2.24, 2.45) is 22.5 Å². The molecule has 0 amide bonds. The van der Waals surface area contributed by atoms with E-state index in [1.807, 2.05) is 13.8 Å². The molecular weight excluding hydrogens is 280 g/mol. The van der Waals surface area contributed by atoms with Gasteiger partial charge in [-0.05, 0) is 20.3 Å². The van der Waals surface area contributed by atoms with E-state index in [9.17, 15) is 10.5 Å². The van der Waals surface area contributed by atoms with Crippen LogP contribution in [0.25, 0.3) is 0 Å². The summed E-state index contributed by atoms with van der Waals surface area (Å²) in [5, 5.41) is 19.7. The zero-order valence-electron chi connectivity index (χ0n) is 13.6. The Balaban J connectivity index is 2.44. The fraction of sp³-hybridized carbons (Fsp3) is 0.812. The summed E-state index contributed by atoms with van der Waals surface area (Å²) < 4.78 is 11.6. The van der Waals surface area contributed by atoms with Gasteiger partial charge in [-0.25, -0.2) is 4.99 Å². The van der Waals surface area contributed by atoms with E-state index < -0.39 is 16.7 Å². The Morgan fingerprint density at radius 1 is 1.14 bits per heavy atom. The lowest BCUT2D eigenvalue weighted by atomic mass is 9.93. The number of ether oxygens (including phenoxy) is 2. The Kier molecular flexibility index (Phi) is 4.47. The molecule has 0 unspecified atom stereocenters. The smallest absolute Gasteiger partial charge is 0.314 e. The van der Waals surface area contributed by atoms with E-state index in [-0.39, 0.29) is 5.92 Å². The van der Waals surface area contributed by atoms with Gasteiger partial charge in [0.2, 0.25) is 0 Å². The first kappa shape index (κ1) is 16.7. The van der Waals surface area contributed by atoms with Crippen LogP contribution in [0.2, 0.25) is 0 Å². The summed E-state index contributed by atoms with van der Waals surface area (Å²) in [7, 11) is 0. The van der Waals surface area contributed by atoms with Crippen molar-refractivity contribution in [2.45, 2.75) is 52.4 Å². The SMILES string of the molecule is CCCCC[C@@H]1[C@]2(C#N)C(N)=[NH+]C(OCC)(OCC)[C@]12C#N. The molecule has 0 aromatic rings. The zero-order valence-corrected chi connectivity index (χ0v) is 13.6. The van der Waals surface area contributed by atoms with Crippen LogP contribution in [0.1, 0.15) is 46.5 Å². The van der Waals surface area contributed by atoms with Crippen LogP contribution < -0.4 is 10.7 Å². The number of nitrogens with zero attached hydrogens (tertiary/aromatic N) is 2. The molecule has 0 spiro atoms. The Morgan fingerprint density at radius 2 is 1.77 bits per heavy atom. The van der Waals surface area contributed by atoms with Crippen molar-refractivity contribution >= 4 is 5.84 Å². The summed E-state index contributed by atoms with van der Waals surface area (Å²) in [5.74, 6) is -1.16. The number of nitrogens with two attached hydrogens (primary N) is 1. The van der Waals surface area contributed by atoms with Crippen LogP contribution in [0.4, 0.5) is 0 Å². The number of unbranched alkanes of at least 4 members (excludes halogenated alkanes) is 2. The first-order valence-corrected chi connectivity index (χ1v) is 8.08. The first-order valence-electron chi connectivity index (χ1n) is 8.08. The van der Waals surface area contributed by atoms with Crippen LogP contribution in [-0.4, -0.2) is 25.0 Å². The molecule has 1 aliphatic heterocycles. The molecule has 6 heteroatoms. The average molecular weight is 305 g/mol. The largest absolute Gasteiger partial charge is 0.342 e. The van der Waals surface area contributed by atoms with Crippen molar-refractivity contribution in [1.82, 2.24) is 0 Å². The lowest BCUT2D eigenvalue weighted by molar-refractivity contribution is -0.693. The highest BCUT2D eigenvalue weighted by atomic mass is 16.7. The van der Waals surface area contributed by atoms with Crippen LogP contribution in [0, 0.1) is 39.4 Å². The van der Waals surface area contributed by atoms with E-state index >= 15 is 0 Å². The molecule has 6 nitrogen and oxygen atoms in total. The van der Waals surface area contributed by atoms with Crippen LogP contribution >= 0.6 is 0 Å². The normalized spacial score (nSPS) is 34.4. The predicted octanol–water partition coefficient (Wildman–Crippen LogP) is 0.395. The lowest BCUT2D eigenvalue weighted by Gasteiger charge is -2.29. The van der Waals surface area contributed by atoms with Crippen molar-refractivity contribution in [1.29, 1.82) is 10.5 Å². The van der Waals surface area contributed by atoms with E-state index in [0.717, 1.165) is 25.7 Å². The quantitative estimate of drug-likeness (QED) is 0.498. The summed E-state index contributed by atoms with van der Waals surface area (Å²) in [5.41, 5.74) is 4.04. The molecule has 3 N–H and O–H groups in total. The third kappa shape index (κ3) is 1.74. The van der Waals surface area contributed by atoms with Crippen LogP contribution in [-0.2, 0) is 9.47 Å². The zero-order chi connectivity index (χ0) is 16.4. The number of nitrogens with one attached hydrogen (secondary N) is 1. The van der Waals surface area contributed by atoms with Crippen molar-refractivity contribution in [3.05, 3.63) is 0 Å². The van der Waals surface area contributed by atoms with E-state index in [1.165, 1.54) is 0 Å². The maximum absolute atomic E-state index is 9.93. The minimum atomic E-state index is -1.32. The van der Waals surface area contributed by atoms with Gasteiger partial charge in [0.05, 0.1) is 25.4 Å². The summed E-state index contributed by atoms with van der Waals surface area (Å²) in [6.45, 7) is 6.54. The van der Waals surface area contributed by atoms with Gasteiger partial charge in [-0.15, -0.1) is 0 Å². The number of rotatable bonds is 8. The van der Waals surface area contributed by atoms with Crippen molar-refractivity contribution in [2.75, 3.05) is 13.2 Å². The maximum atomic E-state index is 9.93. The number of nitriles is 2. The molecular formula is C16H25N4O2+. The first-order chi connectivity index (χ1) is 10.6. The highest BCUT2D eigenvalue weighted by Gasteiger charge is 2.96. The Morgan fingerprint density at radius 3 is 2.23 bits per heavy atom. The van der Waals surface area contributed by atoms with E-state index in [1.54, 1.807) is 0 Å².